The first-order valence-electron chi connectivity index (χ1n) is 5.38. The molecule has 0 aliphatic heterocycles. The van der Waals surface area contributed by atoms with Crippen molar-refractivity contribution in [3.8, 4) is 0 Å². The van der Waals surface area contributed by atoms with Crippen molar-refractivity contribution in [2.75, 3.05) is 0 Å². The van der Waals surface area contributed by atoms with Crippen molar-refractivity contribution in [2.45, 2.75) is 16.0 Å². The Morgan fingerprint density at radius 1 is 1.40 bits per heavy atom. The Kier molecular flexibility index (Phi) is 3.76. The number of nitrogens with zero attached hydrogens (tertiary/aromatic N) is 2. The van der Waals surface area contributed by atoms with Crippen molar-refractivity contribution in [1.82, 2.24) is 9.78 Å². The zero-order valence-corrected chi connectivity index (χ0v) is 11.0. The van der Waals surface area contributed by atoms with E-state index in [1.54, 1.807) is 13.2 Å². The van der Waals surface area contributed by atoms with Crippen LogP contribution < -0.4 is 0 Å². The molecule has 1 aromatic carbocycles. The van der Waals surface area contributed by atoms with Crippen LogP contribution in [-0.2, 0) is 13.2 Å². The molecule has 0 aliphatic carbocycles. The summed E-state index contributed by atoms with van der Waals surface area (Å²) in [5.41, 5.74) is -1.36. The van der Waals surface area contributed by atoms with Crippen LogP contribution in [0.15, 0.2) is 40.4 Å². The zero-order valence-electron chi connectivity index (χ0n) is 10.2. The summed E-state index contributed by atoms with van der Waals surface area (Å²) >= 11 is 1.05. The van der Waals surface area contributed by atoms with E-state index in [1.165, 1.54) is 10.9 Å². The van der Waals surface area contributed by atoms with Crippen LogP contribution in [0.3, 0.4) is 0 Å². The zero-order chi connectivity index (χ0) is 14.9. The van der Waals surface area contributed by atoms with Crippen molar-refractivity contribution in [2.24, 2.45) is 7.05 Å². The monoisotopic (exact) mass is 302 g/mol. The van der Waals surface area contributed by atoms with Gasteiger partial charge in [0.2, 0.25) is 0 Å². The summed E-state index contributed by atoms with van der Waals surface area (Å²) in [6.45, 7) is 0. The highest BCUT2D eigenvalue weighted by atomic mass is 32.2. The number of aromatic carboxylic acids is 1. The Labute approximate surface area is 116 Å². The van der Waals surface area contributed by atoms with Crippen molar-refractivity contribution in [3.63, 3.8) is 0 Å². The highest BCUT2D eigenvalue weighted by Gasteiger charge is 2.31. The number of alkyl halides is 3. The number of carbonyl (C=O) groups is 1. The molecule has 20 heavy (non-hydrogen) atoms. The molecular formula is C12H9F3N2O2S. The third-order valence-electron chi connectivity index (χ3n) is 2.45. The highest BCUT2D eigenvalue weighted by molar-refractivity contribution is 7.99. The quantitative estimate of drug-likeness (QED) is 0.945. The molecule has 0 saturated heterocycles. The van der Waals surface area contributed by atoms with Crippen LogP contribution in [-0.4, -0.2) is 20.9 Å². The van der Waals surface area contributed by atoms with Crippen molar-refractivity contribution in [3.05, 3.63) is 41.7 Å². The summed E-state index contributed by atoms with van der Waals surface area (Å²) in [4.78, 5) is 12.0. The largest absolute Gasteiger partial charge is 0.478 e. The molecule has 0 saturated carbocycles. The number of halogens is 3. The number of carboxylic acids is 1. The molecule has 106 valence electrons. The van der Waals surface area contributed by atoms with Gasteiger partial charge in [0.25, 0.3) is 0 Å². The fraction of sp³-hybridized carbons (Fsp3) is 0.167. The molecule has 2 rings (SSSR count). The molecule has 8 heteroatoms. The van der Waals surface area contributed by atoms with Crippen LogP contribution in [0.4, 0.5) is 13.2 Å². The molecule has 1 aromatic heterocycles. The lowest BCUT2D eigenvalue weighted by Gasteiger charge is -2.10. The lowest BCUT2D eigenvalue weighted by atomic mass is 10.1. The van der Waals surface area contributed by atoms with E-state index in [0.29, 0.717) is 11.0 Å². The lowest BCUT2D eigenvalue weighted by Crippen LogP contribution is -2.08. The van der Waals surface area contributed by atoms with E-state index in [1.807, 2.05) is 0 Å². The topological polar surface area (TPSA) is 55.1 Å². The Morgan fingerprint density at radius 2 is 2.10 bits per heavy atom. The minimum Gasteiger partial charge on any atom is -0.478 e. The van der Waals surface area contributed by atoms with E-state index in [4.69, 9.17) is 5.11 Å². The minimum atomic E-state index is -4.57. The summed E-state index contributed by atoms with van der Waals surface area (Å²) in [5, 5.41) is 13.0. The van der Waals surface area contributed by atoms with E-state index in [0.717, 1.165) is 23.9 Å². The molecule has 0 amide bonds. The second-order valence-electron chi connectivity index (χ2n) is 3.97. The van der Waals surface area contributed by atoms with E-state index in [-0.39, 0.29) is 10.5 Å². The molecule has 0 spiro atoms. The van der Waals surface area contributed by atoms with Gasteiger partial charge in [-0.25, -0.2) is 4.79 Å². The van der Waals surface area contributed by atoms with Gasteiger partial charge in [-0.05, 0) is 18.2 Å². The normalized spacial score (nSPS) is 11.6. The maximum Gasteiger partial charge on any atom is 0.416 e. The number of carboxylic acid groups (broad SMARTS) is 1. The van der Waals surface area contributed by atoms with Gasteiger partial charge in [0.05, 0.1) is 22.2 Å². The number of hydrogen-bond acceptors (Lipinski definition) is 3. The van der Waals surface area contributed by atoms with Crippen LogP contribution in [0.5, 0.6) is 0 Å². The summed E-state index contributed by atoms with van der Waals surface area (Å²) in [5.74, 6) is -1.40. The number of hydrogen-bond donors (Lipinski definition) is 1. The maximum atomic E-state index is 12.6. The molecule has 2 aromatic rings. The van der Waals surface area contributed by atoms with Gasteiger partial charge >= 0.3 is 12.1 Å². The van der Waals surface area contributed by atoms with Crippen molar-refractivity contribution < 1.29 is 23.1 Å². The van der Waals surface area contributed by atoms with E-state index in [9.17, 15) is 18.0 Å². The third-order valence-corrected chi connectivity index (χ3v) is 3.47. The van der Waals surface area contributed by atoms with Gasteiger partial charge in [-0.3, -0.25) is 4.68 Å². The molecule has 0 unspecified atom stereocenters. The summed E-state index contributed by atoms with van der Waals surface area (Å²) in [7, 11) is 1.69. The average molecular weight is 302 g/mol. The number of rotatable bonds is 3. The van der Waals surface area contributed by atoms with Gasteiger partial charge in [0.1, 0.15) is 0 Å². The molecule has 1 heterocycles. The predicted octanol–water partition coefficient (Wildman–Crippen LogP) is 3.29. The lowest BCUT2D eigenvalue weighted by molar-refractivity contribution is -0.137. The van der Waals surface area contributed by atoms with E-state index in [2.05, 4.69) is 5.10 Å². The summed E-state index contributed by atoms with van der Waals surface area (Å²) in [6.07, 6.45) is -1.41. The minimum absolute atomic E-state index is 0.235. The molecule has 0 fully saturated rings. The van der Waals surface area contributed by atoms with Crippen LogP contribution in [0.1, 0.15) is 15.9 Å². The predicted molar refractivity (Wildman–Crippen MR) is 65.7 cm³/mol. The highest BCUT2D eigenvalue weighted by Crippen LogP contribution is 2.35. The van der Waals surface area contributed by atoms with Crippen LogP contribution in [0.2, 0.25) is 0 Å². The van der Waals surface area contributed by atoms with Gasteiger partial charge < -0.3 is 5.11 Å². The first-order valence-corrected chi connectivity index (χ1v) is 6.20. The Hall–Kier alpha value is -1.96. The van der Waals surface area contributed by atoms with Crippen LogP contribution in [0.25, 0.3) is 0 Å². The van der Waals surface area contributed by atoms with Gasteiger partial charge in [0.15, 0.2) is 0 Å². The Bertz CT molecular complexity index is 652. The SMILES string of the molecule is Cn1cc(Sc2ccc(C(F)(F)F)cc2C(=O)O)cn1. The smallest absolute Gasteiger partial charge is 0.416 e. The first kappa shape index (κ1) is 14.4. The van der Waals surface area contributed by atoms with Crippen molar-refractivity contribution >= 4 is 17.7 Å². The number of aromatic nitrogens is 2. The van der Waals surface area contributed by atoms with Gasteiger partial charge in [-0.2, -0.15) is 18.3 Å². The van der Waals surface area contributed by atoms with Gasteiger partial charge in [-0.1, -0.05) is 11.8 Å². The summed E-state index contributed by atoms with van der Waals surface area (Å²) < 4.78 is 39.3. The molecule has 0 bridgehead atoms. The molecule has 0 atom stereocenters. The molecule has 0 radical (unpaired) electrons. The Morgan fingerprint density at radius 3 is 2.60 bits per heavy atom. The number of aryl methyl sites for hydroxylation is 1. The van der Waals surface area contributed by atoms with Crippen molar-refractivity contribution in [1.29, 1.82) is 0 Å². The van der Waals surface area contributed by atoms with E-state index >= 15 is 0 Å². The second-order valence-corrected chi connectivity index (χ2v) is 5.08. The van der Waals surface area contributed by atoms with Crippen LogP contribution >= 0.6 is 11.8 Å². The molecule has 1 N–H and O–H groups in total. The van der Waals surface area contributed by atoms with Gasteiger partial charge in [-0.15, -0.1) is 0 Å². The molecule has 0 aliphatic rings. The number of benzene rings is 1. The summed E-state index contributed by atoms with van der Waals surface area (Å²) in [6, 6.07) is 2.66. The third kappa shape index (κ3) is 3.13. The average Bonchev–Trinajstić information content (AvgIpc) is 2.73. The van der Waals surface area contributed by atoms with Gasteiger partial charge in [0, 0.05) is 18.1 Å². The fourth-order valence-corrected chi connectivity index (χ4v) is 2.49. The standard InChI is InChI=1S/C12H9F3N2O2S/c1-17-6-8(5-16-17)20-10-3-2-7(12(13,14)15)4-9(10)11(18)19/h2-6H,1H3,(H,18,19). The maximum absolute atomic E-state index is 12.6. The fourth-order valence-electron chi connectivity index (χ4n) is 1.54. The molecular weight excluding hydrogens is 293 g/mol. The second kappa shape index (κ2) is 5.20. The van der Waals surface area contributed by atoms with Crippen LogP contribution in [0, 0.1) is 0 Å². The molecule has 4 nitrogen and oxygen atoms in total. The Balaban J connectivity index is 2.40. The van der Waals surface area contributed by atoms with E-state index < -0.39 is 17.7 Å². The first-order chi connectivity index (χ1) is 9.27.